The van der Waals surface area contributed by atoms with E-state index in [1.54, 1.807) is 0 Å². The van der Waals surface area contributed by atoms with Gasteiger partial charge >= 0.3 is 0 Å². The molecule has 1 nitrogen and oxygen atoms in total. The Bertz CT molecular complexity index is 118. The van der Waals surface area contributed by atoms with Crippen LogP contribution < -0.4 is 0 Å². The van der Waals surface area contributed by atoms with Crippen molar-refractivity contribution < 1.29 is 4.80 Å². The van der Waals surface area contributed by atoms with E-state index < -0.39 is 8.32 Å². The first-order valence-electron chi connectivity index (χ1n) is 4.73. The van der Waals surface area contributed by atoms with Gasteiger partial charge in [-0.25, -0.2) is 0 Å². The number of hydrogen-bond donors (Lipinski definition) is 1. The van der Waals surface area contributed by atoms with Gasteiger partial charge in [-0.05, 0) is 23.5 Å². The van der Waals surface area contributed by atoms with Gasteiger partial charge in [-0.1, -0.05) is 27.7 Å². The molecule has 0 radical (unpaired) electrons. The lowest BCUT2D eigenvalue weighted by molar-refractivity contribution is 0.488. The Labute approximate surface area is 82.3 Å². The second kappa shape index (κ2) is 5.25. The van der Waals surface area contributed by atoms with Crippen molar-refractivity contribution in [2.24, 2.45) is 0 Å². The standard InChI is InChI=1S/C9H21ClOSi/c1-8(2)12(11,9(3)4)7-5-6-10/h8-9,11H,5-7H2,1-4H3. The fraction of sp³-hybridized carbons (Fsp3) is 1.00. The molecular weight excluding hydrogens is 188 g/mol. The van der Waals surface area contributed by atoms with Crippen molar-refractivity contribution in [1.29, 1.82) is 0 Å². The normalized spacial score (nSPS) is 13.0. The minimum Gasteiger partial charge on any atom is -0.431 e. The van der Waals surface area contributed by atoms with Gasteiger partial charge in [0.15, 0.2) is 8.32 Å². The summed E-state index contributed by atoms with van der Waals surface area (Å²) in [5, 5.41) is 0. The fourth-order valence-corrected chi connectivity index (χ4v) is 5.18. The van der Waals surface area contributed by atoms with E-state index in [9.17, 15) is 4.80 Å². The zero-order valence-electron chi connectivity index (χ0n) is 8.60. The number of halogens is 1. The van der Waals surface area contributed by atoms with Crippen molar-refractivity contribution in [2.45, 2.75) is 51.2 Å². The van der Waals surface area contributed by atoms with Crippen molar-refractivity contribution in [1.82, 2.24) is 0 Å². The van der Waals surface area contributed by atoms with Gasteiger partial charge in [0.1, 0.15) is 0 Å². The summed E-state index contributed by atoms with van der Waals surface area (Å²) < 4.78 is 0. The highest BCUT2D eigenvalue weighted by molar-refractivity contribution is 6.75. The summed E-state index contributed by atoms with van der Waals surface area (Å²) >= 11 is 5.63. The third kappa shape index (κ3) is 3.07. The van der Waals surface area contributed by atoms with Crippen molar-refractivity contribution in [2.75, 3.05) is 5.88 Å². The number of alkyl halides is 1. The predicted molar refractivity (Wildman–Crippen MR) is 58.3 cm³/mol. The van der Waals surface area contributed by atoms with Gasteiger partial charge in [-0.2, -0.15) is 0 Å². The molecule has 0 amide bonds. The summed E-state index contributed by atoms with van der Waals surface area (Å²) in [5.41, 5.74) is 0.890. The molecule has 1 N–H and O–H groups in total. The summed E-state index contributed by atoms with van der Waals surface area (Å²) in [6.07, 6.45) is 0.959. The number of hydrogen-bond acceptors (Lipinski definition) is 1. The maximum atomic E-state index is 10.4. The van der Waals surface area contributed by atoms with Gasteiger partial charge in [0.2, 0.25) is 0 Å². The first kappa shape index (κ1) is 12.5. The van der Waals surface area contributed by atoms with Gasteiger partial charge in [0, 0.05) is 5.88 Å². The number of rotatable bonds is 5. The highest BCUT2D eigenvalue weighted by atomic mass is 35.5. The Morgan fingerprint density at radius 3 is 1.83 bits per heavy atom. The van der Waals surface area contributed by atoms with Crippen molar-refractivity contribution >= 4 is 19.9 Å². The highest BCUT2D eigenvalue weighted by Gasteiger charge is 2.37. The second-order valence-electron chi connectivity index (χ2n) is 4.09. The Kier molecular flexibility index (Phi) is 5.46. The van der Waals surface area contributed by atoms with Crippen molar-refractivity contribution in [3.8, 4) is 0 Å². The molecule has 0 spiro atoms. The van der Waals surface area contributed by atoms with E-state index in [4.69, 9.17) is 11.6 Å². The maximum absolute atomic E-state index is 10.4. The van der Waals surface area contributed by atoms with Crippen LogP contribution in [0.3, 0.4) is 0 Å². The zero-order chi connectivity index (χ0) is 9.78. The van der Waals surface area contributed by atoms with Gasteiger partial charge < -0.3 is 4.80 Å². The molecule has 0 aromatic heterocycles. The smallest absolute Gasteiger partial charge is 0.193 e. The van der Waals surface area contributed by atoms with Crippen LogP contribution in [0.1, 0.15) is 34.1 Å². The van der Waals surface area contributed by atoms with Crippen LogP contribution in [0.4, 0.5) is 0 Å². The largest absolute Gasteiger partial charge is 0.431 e. The Balaban J connectivity index is 4.19. The van der Waals surface area contributed by atoms with E-state index in [1.165, 1.54) is 0 Å². The fourth-order valence-electron chi connectivity index (χ4n) is 1.59. The van der Waals surface area contributed by atoms with Gasteiger partial charge in [0.25, 0.3) is 0 Å². The van der Waals surface area contributed by atoms with Gasteiger partial charge in [0.05, 0.1) is 0 Å². The monoisotopic (exact) mass is 208 g/mol. The van der Waals surface area contributed by atoms with Crippen LogP contribution in [-0.2, 0) is 0 Å². The molecule has 0 heterocycles. The summed E-state index contributed by atoms with van der Waals surface area (Å²) in [5.74, 6) is 0.675. The predicted octanol–water partition coefficient (Wildman–Crippen LogP) is 3.37. The first-order valence-corrected chi connectivity index (χ1v) is 7.57. The molecule has 0 bridgehead atoms. The molecule has 0 atom stereocenters. The SMILES string of the molecule is CC(C)[Si](O)(CCCCl)C(C)C. The van der Waals surface area contributed by atoms with Crippen LogP contribution in [-0.4, -0.2) is 19.0 Å². The van der Waals surface area contributed by atoms with E-state index in [-0.39, 0.29) is 0 Å². The van der Waals surface area contributed by atoms with Crippen LogP contribution in [0.2, 0.25) is 17.1 Å². The van der Waals surface area contributed by atoms with Crippen LogP contribution in [0.15, 0.2) is 0 Å². The molecule has 0 saturated heterocycles. The van der Waals surface area contributed by atoms with Crippen molar-refractivity contribution in [3.05, 3.63) is 0 Å². The Hall–Kier alpha value is 0.467. The average Bonchev–Trinajstić information content (AvgIpc) is 1.99. The van der Waals surface area contributed by atoms with Gasteiger partial charge in [-0.3, -0.25) is 0 Å². The van der Waals surface area contributed by atoms with E-state index in [0.29, 0.717) is 17.0 Å². The van der Waals surface area contributed by atoms with E-state index >= 15 is 0 Å². The maximum Gasteiger partial charge on any atom is 0.193 e. The van der Waals surface area contributed by atoms with Crippen LogP contribution in [0.5, 0.6) is 0 Å². The lowest BCUT2D eigenvalue weighted by Crippen LogP contribution is -2.41. The van der Waals surface area contributed by atoms with E-state index in [1.807, 2.05) is 0 Å². The Morgan fingerprint density at radius 1 is 1.17 bits per heavy atom. The lowest BCUT2D eigenvalue weighted by Gasteiger charge is -2.33. The summed E-state index contributed by atoms with van der Waals surface area (Å²) in [7, 11) is -2.01. The highest BCUT2D eigenvalue weighted by Crippen LogP contribution is 2.34. The topological polar surface area (TPSA) is 20.2 Å². The average molecular weight is 209 g/mol. The molecule has 0 aromatic carbocycles. The minimum absolute atomic E-state index is 0.445. The van der Waals surface area contributed by atoms with E-state index in [2.05, 4.69) is 27.7 Å². The van der Waals surface area contributed by atoms with Crippen LogP contribution in [0, 0.1) is 0 Å². The minimum atomic E-state index is -2.01. The zero-order valence-corrected chi connectivity index (χ0v) is 10.4. The summed E-state index contributed by atoms with van der Waals surface area (Å²) in [6.45, 7) is 8.50. The first-order chi connectivity index (χ1) is 5.45. The summed E-state index contributed by atoms with van der Waals surface area (Å²) in [6, 6.07) is 0.950. The molecule has 0 aliphatic carbocycles. The molecule has 0 fully saturated rings. The molecule has 0 unspecified atom stereocenters. The summed E-state index contributed by atoms with van der Waals surface area (Å²) in [4.78, 5) is 10.4. The molecule has 74 valence electrons. The Morgan fingerprint density at radius 2 is 1.58 bits per heavy atom. The van der Waals surface area contributed by atoms with Crippen LogP contribution in [0.25, 0.3) is 0 Å². The third-order valence-electron chi connectivity index (χ3n) is 2.71. The molecule has 3 heteroatoms. The molecule has 0 rings (SSSR count). The lowest BCUT2D eigenvalue weighted by atomic mass is 10.5. The molecule has 0 aromatic rings. The molecule has 0 aliphatic heterocycles. The van der Waals surface area contributed by atoms with E-state index in [0.717, 1.165) is 12.5 Å². The third-order valence-corrected chi connectivity index (χ3v) is 8.13. The van der Waals surface area contributed by atoms with Crippen molar-refractivity contribution in [3.63, 3.8) is 0 Å². The van der Waals surface area contributed by atoms with Crippen LogP contribution >= 0.6 is 11.6 Å². The molecule has 0 saturated carbocycles. The molecule has 0 aliphatic rings. The second-order valence-corrected chi connectivity index (χ2v) is 9.26. The van der Waals surface area contributed by atoms with Gasteiger partial charge in [-0.15, -0.1) is 11.6 Å². The quantitative estimate of drug-likeness (QED) is 0.543. The molecule has 12 heavy (non-hydrogen) atoms. The molecular formula is C9H21ClOSi.